The Kier molecular flexibility index (Phi) is 9.36. The molecule has 0 bridgehead atoms. The van der Waals surface area contributed by atoms with Crippen LogP contribution in [-0.4, -0.2) is 49.0 Å². The van der Waals surface area contributed by atoms with Gasteiger partial charge in [-0.25, -0.2) is 9.59 Å². The average Bonchev–Trinajstić information content (AvgIpc) is 3.50. The van der Waals surface area contributed by atoms with Gasteiger partial charge in [0.2, 0.25) is 0 Å². The maximum atomic E-state index is 13.2. The fourth-order valence-corrected chi connectivity index (χ4v) is 5.46. The monoisotopic (exact) mass is 505 g/mol. The third kappa shape index (κ3) is 5.73. The van der Waals surface area contributed by atoms with Crippen molar-refractivity contribution in [2.45, 2.75) is 58.5 Å². The Labute approximate surface area is 210 Å². The van der Waals surface area contributed by atoms with Gasteiger partial charge in [-0.15, -0.1) is 11.3 Å². The van der Waals surface area contributed by atoms with Crippen molar-refractivity contribution in [1.29, 1.82) is 0 Å². The van der Waals surface area contributed by atoms with Crippen LogP contribution < -0.4 is 10.2 Å². The van der Waals surface area contributed by atoms with E-state index in [-0.39, 0.29) is 18.5 Å². The van der Waals surface area contributed by atoms with Crippen molar-refractivity contribution in [3.8, 4) is 0 Å². The molecule has 3 heterocycles. The molecule has 0 saturated carbocycles. The molecule has 34 heavy (non-hydrogen) atoms. The van der Waals surface area contributed by atoms with Crippen molar-refractivity contribution < 1.29 is 19.1 Å². The topological polar surface area (TPSA) is 79.0 Å². The first kappa shape index (κ1) is 26.0. The van der Waals surface area contributed by atoms with Gasteiger partial charge in [-0.3, -0.25) is 4.79 Å². The average molecular weight is 506 g/mol. The standard InChI is InChI=1S/C23H26ClN3O4S.C2H6/c1-31-22(29)19-5-4-11-27(19)23(30)25-14-16-8-7-15(13-17(16)24)21(28)26-10-3-2-6-20-18(26)9-12-32-20;1-2/h7-9,12-13,19H,2-6,10-11,14H2,1H3,(H,25,30);1-2H3. The number of hydrogen-bond donors (Lipinski definition) is 1. The summed E-state index contributed by atoms with van der Waals surface area (Å²) in [5.74, 6) is -0.470. The Morgan fingerprint density at radius 1 is 1.15 bits per heavy atom. The highest BCUT2D eigenvalue weighted by Gasteiger charge is 2.34. The molecule has 1 unspecified atom stereocenters. The lowest BCUT2D eigenvalue weighted by atomic mass is 10.1. The van der Waals surface area contributed by atoms with Gasteiger partial charge in [0.1, 0.15) is 6.04 Å². The summed E-state index contributed by atoms with van der Waals surface area (Å²) in [7, 11) is 1.32. The smallest absolute Gasteiger partial charge is 0.328 e. The summed E-state index contributed by atoms with van der Waals surface area (Å²) >= 11 is 8.15. The molecule has 1 aromatic carbocycles. The van der Waals surface area contributed by atoms with Gasteiger partial charge in [0.25, 0.3) is 5.91 Å². The molecule has 1 aromatic heterocycles. The number of urea groups is 1. The van der Waals surface area contributed by atoms with E-state index in [1.807, 2.05) is 30.2 Å². The highest BCUT2D eigenvalue weighted by molar-refractivity contribution is 7.10. The number of methoxy groups -OCH3 is 1. The quantitative estimate of drug-likeness (QED) is 0.575. The van der Waals surface area contributed by atoms with Crippen molar-refractivity contribution in [2.75, 3.05) is 25.1 Å². The van der Waals surface area contributed by atoms with Crippen molar-refractivity contribution in [2.24, 2.45) is 0 Å². The number of halogens is 1. The van der Waals surface area contributed by atoms with Crippen molar-refractivity contribution in [1.82, 2.24) is 10.2 Å². The van der Waals surface area contributed by atoms with Gasteiger partial charge in [0, 0.05) is 35.1 Å². The van der Waals surface area contributed by atoms with Crippen LogP contribution >= 0.6 is 22.9 Å². The van der Waals surface area contributed by atoms with Gasteiger partial charge in [0.05, 0.1) is 12.8 Å². The second-order valence-electron chi connectivity index (χ2n) is 7.98. The van der Waals surface area contributed by atoms with Crippen LogP contribution in [0.3, 0.4) is 0 Å². The van der Waals surface area contributed by atoms with E-state index >= 15 is 0 Å². The zero-order valence-corrected chi connectivity index (χ0v) is 21.5. The second kappa shape index (κ2) is 12.2. The molecule has 1 N–H and O–H groups in total. The number of anilines is 1. The van der Waals surface area contributed by atoms with Crippen LogP contribution in [0.2, 0.25) is 5.02 Å². The molecule has 3 amide bonds. The van der Waals surface area contributed by atoms with Gasteiger partial charge in [0.15, 0.2) is 0 Å². The number of aryl methyl sites for hydroxylation is 1. The molecule has 0 aliphatic carbocycles. The number of rotatable bonds is 4. The summed E-state index contributed by atoms with van der Waals surface area (Å²) in [5.41, 5.74) is 2.22. The number of amides is 3. The third-order valence-corrected chi connectivity index (χ3v) is 7.33. The number of nitrogens with one attached hydrogen (secondary N) is 1. The molecular weight excluding hydrogens is 474 g/mol. The molecule has 1 fully saturated rings. The van der Waals surface area contributed by atoms with Crippen LogP contribution in [0.15, 0.2) is 29.6 Å². The lowest BCUT2D eigenvalue weighted by Gasteiger charge is -2.23. The summed E-state index contributed by atoms with van der Waals surface area (Å²) in [4.78, 5) is 42.2. The highest BCUT2D eigenvalue weighted by Crippen LogP contribution is 2.32. The Morgan fingerprint density at radius 2 is 1.94 bits per heavy atom. The molecule has 184 valence electrons. The first-order valence-electron chi connectivity index (χ1n) is 11.8. The molecule has 7 nitrogen and oxygen atoms in total. The summed E-state index contributed by atoms with van der Waals surface area (Å²) < 4.78 is 4.79. The molecule has 0 spiro atoms. The Bertz CT molecular complexity index is 1030. The third-order valence-electron chi connectivity index (χ3n) is 6.01. The van der Waals surface area contributed by atoms with Crippen LogP contribution in [-0.2, 0) is 22.5 Å². The molecule has 4 rings (SSSR count). The van der Waals surface area contributed by atoms with E-state index in [4.69, 9.17) is 16.3 Å². The number of carbonyl (C=O) groups excluding carboxylic acids is 3. The molecule has 9 heteroatoms. The van der Waals surface area contributed by atoms with Gasteiger partial charge in [-0.1, -0.05) is 31.5 Å². The summed E-state index contributed by atoms with van der Waals surface area (Å²) in [6.45, 7) is 5.40. The van der Waals surface area contributed by atoms with E-state index in [1.54, 1.807) is 29.5 Å². The fourth-order valence-electron chi connectivity index (χ4n) is 4.29. The molecule has 2 aliphatic rings. The number of benzene rings is 1. The van der Waals surface area contributed by atoms with Crippen molar-refractivity contribution in [3.63, 3.8) is 0 Å². The van der Waals surface area contributed by atoms with Gasteiger partial charge < -0.3 is 19.9 Å². The van der Waals surface area contributed by atoms with Crippen molar-refractivity contribution in [3.05, 3.63) is 50.7 Å². The largest absolute Gasteiger partial charge is 0.467 e. The Hall–Kier alpha value is -2.58. The van der Waals surface area contributed by atoms with Gasteiger partial charge >= 0.3 is 12.0 Å². The number of nitrogens with zero attached hydrogens (tertiary/aromatic N) is 2. The van der Waals surface area contributed by atoms with Crippen molar-refractivity contribution >= 4 is 46.5 Å². The van der Waals surface area contributed by atoms with E-state index in [0.717, 1.165) is 31.4 Å². The van der Waals surface area contributed by atoms with Gasteiger partial charge in [-0.2, -0.15) is 0 Å². The van der Waals surface area contributed by atoms with Crippen LogP contribution in [0.25, 0.3) is 0 Å². The number of carbonyl (C=O) groups is 3. The predicted octanol–water partition coefficient (Wildman–Crippen LogP) is 5.26. The summed E-state index contributed by atoms with van der Waals surface area (Å²) in [5, 5.41) is 5.27. The first-order chi connectivity index (χ1) is 16.5. The van der Waals surface area contributed by atoms with Crippen LogP contribution in [0, 0.1) is 0 Å². The van der Waals surface area contributed by atoms with E-state index in [1.165, 1.54) is 16.9 Å². The molecule has 2 aromatic rings. The Morgan fingerprint density at radius 3 is 2.68 bits per heavy atom. The first-order valence-corrected chi connectivity index (χ1v) is 13.0. The number of fused-ring (bicyclic) bond motifs is 1. The molecular formula is C25H32ClN3O4S. The van der Waals surface area contributed by atoms with E-state index in [2.05, 4.69) is 5.32 Å². The van der Waals surface area contributed by atoms with Crippen LogP contribution in [0.5, 0.6) is 0 Å². The number of thiophene rings is 1. The maximum absolute atomic E-state index is 13.2. The highest BCUT2D eigenvalue weighted by atomic mass is 35.5. The molecule has 2 aliphatic heterocycles. The number of likely N-dealkylation sites (tertiary alicyclic amines) is 1. The normalized spacial score (nSPS) is 17.2. The van der Waals surface area contributed by atoms with Crippen LogP contribution in [0.4, 0.5) is 10.5 Å². The zero-order chi connectivity index (χ0) is 24.7. The number of hydrogen-bond acceptors (Lipinski definition) is 5. The molecule has 1 atom stereocenters. The SMILES string of the molecule is CC.COC(=O)C1CCCN1C(=O)NCc1ccc(C(=O)N2CCCCc3sccc32)cc1Cl. The fraction of sp³-hybridized carbons (Fsp3) is 0.480. The van der Waals surface area contributed by atoms with Crippen LogP contribution in [0.1, 0.15) is 60.3 Å². The minimum absolute atomic E-state index is 0.0676. The van der Waals surface area contributed by atoms with E-state index < -0.39 is 12.0 Å². The number of esters is 1. The van der Waals surface area contributed by atoms with E-state index in [9.17, 15) is 14.4 Å². The molecule has 0 radical (unpaired) electrons. The number of ether oxygens (including phenoxy) is 1. The van der Waals surface area contributed by atoms with Gasteiger partial charge in [-0.05, 0) is 61.2 Å². The lowest BCUT2D eigenvalue weighted by molar-refractivity contribution is -0.144. The summed E-state index contributed by atoms with van der Waals surface area (Å²) in [6.07, 6.45) is 4.40. The molecule has 1 saturated heterocycles. The minimum Gasteiger partial charge on any atom is -0.467 e. The predicted molar refractivity (Wildman–Crippen MR) is 136 cm³/mol. The summed E-state index contributed by atoms with van der Waals surface area (Å²) in [6, 6.07) is 6.31. The maximum Gasteiger partial charge on any atom is 0.328 e. The lowest BCUT2D eigenvalue weighted by Crippen LogP contribution is -2.46. The zero-order valence-electron chi connectivity index (χ0n) is 19.9. The second-order valence-corrected chi connectivity index (χ2v) is 9.39. The minimum atomic E-state index is -0.550. The van der Waals surface area contributed by atoms with E-state index in [0.29, 0.717) is 35.7 Å². The Balaban J connectivity index is 0.00000158.